The van der Waals surface area contributed by atoms with Gasteiger partial charge in [0.2, 0.25) is 17.7 Å². The normalized spacial score (nSPS) is 17.5. The van der Waals surface area contributed by atoms with Crippen molar-refractivity contribution in [3.05, 3.63) is 30.3 Å². The number of anilines is 1. The largest absolute Gasteiger partial charge is 0.342 e. The molecule has 1 unspecified atom stereocenters. The van der Waals surface area contributed by atoms with E-state index < -0.39 is 0 Å². The van der Waals surface area contributed by atoms with Crippen LogP contribution in [-0.2, 0) is 14.4 Å². The SMILES string of the molecule is CCN1CC(C(=O)N(C)CC(=O)Nc2ccccc2)CC1=O. The summed E-state index contributed by atoms with van der Waals surface area (Å²) in [6.45, 7) is 2.92. The quantitative estimate of drug-likeness (QED) is 0.880. The first-order chi connectivity index (χ1) is 10.5. The predicted molar refractivity (Wildman–Crippen MR) is 83.1 cm³/mol. The molecule has 0 bridgehead atoms. The van der Waals surface area contributed by atoms with Gasteiger partial charge in [0.15, 0.2) is 0 Å². The molecule has 1 heterocycles. The van der Waals surface area contributed by atoms with Crippen LogP contribution in [0.2, 0.25) is 0 Å². The number of carbonyl (C=O) groups excluding carboxylic acids is 3. The van der Waals surface area contributed by atoms with Gasteiger partial charge in [-0.2, -0.15) is 0 Å². The number of hydrogen-bond acceptors (Lipinski definition) is 3. The van der Waals surface area contributed by atoms with E-state index in [9.17, 15) is 14.4 Å². The van der Waals surface area contributed by atoms with Gasteiger partial charge in [0, 0.05) is 32.2 Å². The molecule has 1 aliphatic heterocycles. The molecule has 0 saturated carbocycles. The van der Waals surface area contributed by atoms with Crippen LogP contribution in [0.4, 0.5) is 5.69 Å². The summed E-state index contributed by atoms with van der Waals surface area (Å²) in [5, 5.41) is 2.74. The van der Waals surface area contributed by atoms with Gasteiger partial charge in [-0.1, -0.05) is 18.2 Å². The third-order valence-corrected chi connectivity index (χ3v) is 3.76. The standard InChI is InChI=1S/C16H21N3O3/c1-3-19-10-12(9-15(19)21)16(22)18(2)11-14(20)17-13-7-5-4-6-8-13/h4-8,12H,3,9-11H2,1-2H3,(H,17,20). The highest BCUT2D eigenvalue weighted by molar-refractivity contribution is 5.96. The number of carbonyl (C=O) groups is 3. The second-order valence-electron chi connectivity index (χ2n) is 5.44. The van der Waals surface area contributed by atoms with Crippen molar-refractivity contribution in [1.29, 1.82) is 0 Å². The first kappa shape index (κ1) is 16.0. The van der Waals surface area contributed by atoms with Crippen LogP contribution in [0, 0.1) is 5.92 Å². The van der Waals surface area contributed by atoms with Gasteiger partial charge in [0.25, 0.3) is 0 Å². The minimum Gasteiger partial charge on any atom is -0.342 e. The van der Waals surface area contributed by atoms with Crippen LogP contribution in [-0.4, -0.2) is 54.2 Å². The van der Waals surface area contributed by atoms with E-state index in [0.717, 1.165) is 0 Å². The van der Waals surface area contributed by atoms with Crippen molar-refractivity contribution in [2.75, 3.05) is 32.0 Å². The highest BCUT2D eigenvalue weighted by Crippen LogP contribution is 2.19. The summed E-state index contributed by atoms with van der Waals surface area (Å²) in [6.07, 6.45) is 0.233. The first-order valence-electron chi connectivity index (χ1n) is 7.39. The van der Waals surface area contributed by atoms with E-state index in [4.69, 9.17) is 0 Å². The van der Waals surface area contributed by atoms with E-state index in [0.29, 0.717) is 18.8 Å². The van der Waals surface area contributed by atoms with Crippen molar-refractivity contribution in [3.8, 4) is 0 Å². The van der Waals surface area contributed by atoms with Crippen LogP contribution in [0.1, 0.15) is 13.3 Å². The van der Waals surface area contributed by atoms with Crippen molar-refractivity contribution >= 4 is 23.4 Å². The minimum absolute atomic E-state index is 0.00277. The van der Waals surface area contributed by atoms with Crippen LogP contribution in [0.3, 0.4) is 0 Å². The van der Waals surface area contributed by atoms with Gasteiger partial charge >= 0.3 is 0 Å². The number of amides is 3. The molecule has 2 rings (SSSR count). The smallest absolute Gasteiger partial charge is 0.243 e. The molecule has 1 N–H and O–H groups in total. The zero-order chi connectivity index (χ0) is 16.1. The van der Waals surface area contributed by atoms with Crippen LogP contribution in [0.25, 0.3) is 0 Å². The molecular formula is C16H21N3O3. The molecule has 3 amide bonds. The lowest BCUT2D eigenvalue weighted by Gasteiger charge is -2.20. The van der Waals surface area contributed by atoms with Gasteiger partial charge < -0.3 is 15.1 Å². The lowest BCUT2D eigenvalue weighted by molar-refractivity contribution is -0.137. The zero-order valence-electron chi connectivity index (χ0n) is 12.9. The van der Waals surface area contributed by atoms with Crippen molar-refractivity contribution in [3.63, 3.8) is 0 Å². The van der Waals surface area contributed by atoms with Gasteiger partial charge in [0.1, 0.15) is 0 Å². The third kappa shape index (κ3) is 3.84. The van der Waals surface area contributed by atoms with Crippen molar-refractivity contribution in [2.45, 2.75) is 13.3 Å². The molecule has 1 atom stereocenters. The molecule has 1 saturated heterocycles. The Balaban J connectivity index is 1.86. The number of nitrogens with one attached hydrogen (secondary N) is 1. The number of rotatable bonds is 5. The molecule has 1 aromatic rings. The fourth-order valence-electron chi connectivity index (χ4n) is 2.57. The van der Waals surface area contributed by atoms with Gasteiger partial charge in [0.05, 0.1) is 12.5 Å². The summed E-state index contributed by atoms with van der Waals surface area (Å²) >= 11 is 0. The molecule has 0 aromatic heterocycles. The molecule has 0 radical (unpaired) electrons. The molecule has 6 nitrogen and oxygen atoms in total. The summed E-state index contributed by atoms with van der Waals surface area (Å²) in [4.78, 5) is 39.0. The van der Waals surface area contributed by atoms with Crippen molar-refractivity contribution in [2.24, 2.45) is 5.92 Å². The average Bonchev–Trinajstić information content (AvgIpc) is 2.88. The van der Waals surface area contributed by atoms with E-state index >= 15 is 0 Å². The Labute approximate surface area is 130 Å². The number of likely N-dealkylation sites (tertiary alicyclic amines) is 1. The Morgan fingerprint density at radius 2 is 2.00 bits per heavy atom. The number of nitrogens with zero attached hydrogens (tertiary/aromatic N) is 2. The lowest BCUT2D eigenvalue weighted by Crippen LogP contribution is -2.39. The fraction of sp³-hybridized carbons (Fsp3) is 0.438. The third-order valence-electron chi connectivity index (χ3n) is 3.76. The molecule has 1 fully saturated rings. The summed E-state index contributed by atoms with van der Waals surface area (Å²) in [5.74, 6) is -0.754. The Hall–Kier alpha value is -2.37. The van der Waals surface area contributed by atoms with E-state index in [1.54, 1.807) is 24.1 Å². The number of para-hydroxylation sites is 1. The zero-order valence-corrected chi connectivity index (χ0v) is 12.9. The molecule has 22 heavy (non-hydrogen) atoms. The Bertz CT molecular complexity index is 559. The molecule has 1 aromatic carbocycles. The first-order valence-corrected chi connectivity index (χ1v) is 7.39. The van der Waals surface area contributed by atoms with Crippen LogP contribution >= 0.6 is 0 Å². The highest BCUT2D eigenvalue weighted by Gasteiger charge is 2.35. The molecule has 6 heteroatoms. The Morgan fingerprint density at radius 3 is 2.59 bits per heavy atom. The molecular weight excluding hydrogens is 282 g/mol. The second kappa shape index (κ2) is 7.06. The summed E-state index contributed by atoms with van der Waals surface area (Å²) < 4.78 is 0. The number of likely N-dealkylation sites (N-methyl/N-ethyl adjacent to an activating group) is 1. The van der Waals surface area contributed by atoms with Crippen LogP contribution in [0.5, 0.6) is 0 Å². The second-order valence-corrected chi connectivity index (χ2v) is 5.44. The Kier molecular flexibility index (Phi) is 5.14. The van der Waals surface area contributed by atoms with Gasteiger partial charge in [-0.25, -0.2) is 0 Å². The fourth-order valence-corrected chi connectivity index (χ4v) is 2.57. The van der Waals surface area contributed by atoms with E-state index in [2.05, 4.69) is 5.32 Å². The van der Waals surface area contributed by atoms with Crippen LogP contribution < -0.4 is 5.32 Å². The lowest BCUT2D eigenvalue weighted by atomic mass is 10.1. The van der Waals surface area contributed by atoms with Gasteiger partial charge in [-0.3, -0.25) is 14.4 Å². The minimum atomic E-state index is -0.345. The van der Waals surface area contributed by atoms with Crippen molar-refractivity contribution < 1.29 is 14.4 Å². The van der Waals surface area contributed by atoms with Crippen molar-refractivity contribution in [1.82, 2.24) is 9.80 Å². The highest BCUT2D eigenvalue weighted by atomic mass is 16.2. The maximum atomic E-state index is 12.3. The number of hydrogen-bond donors (Lipinski definition) is 1. The summed E-state index contributed by atoms with van der Waals surface area (Å²) in [6, 6.07) is 9.09. The summed E-state index contributed by atoms with van der Waals surface area (Å²) in [7, 11) is 1.59. The maximum absolute atomic E-state index is 12.3. The number of benzene rings is 1. The van der Waals surface area contributed by atoms with E-state index in [-0.39, 0.29) is 36.6 Å². The average molecular weight is 303 g/mol. The molecule has 1 aliphatic rings. The maximum Gasteiger partial charge on any atom is 0.243 e. The predicted octanol–water partition coefficient (Wildman–Crippen LogP) is 0.952. The molecule has 0 spiro atoms. The van der Waals surface area contributed by atoms with Crippen LogP contribution in [0.15, 0.2) is 30.3 Å². The van der Waals surface area contributed by atoms with Gasteiger partial charge in [-0.05, 0) is 19.1 Å². The molecule has 118 valence electrons. The molecule has 0 aliphatic carbocycles. The summed E-state index contributed by atoms with van der Waals surface area (Å²) in [5.41, 5.74) is 0.696. The Morgan fingerprint density at radius 1 is 1.32 bits per heavy atom. The topological polar surface area (TPSA) is 69.7 Å². The van der Waals surface area contributed by atoms with Gasteiger partial charge in [-0.15, -0.1) is 0 Å². The van der Waals surface area contributed by atoms with E-state index in [1.807, 2.05) is 25.1 Å². The van der Waals surface area contributed by atoms with E-state index in [1.165, 1.54) is 4.90 Å². The monoisotopic (exact) mass is 303 g/mol.